The van der Waals surface area contributed by atoms with Gasteiger partial charge in [-0.05, 0) is 20.3 Å². The van der Waals surface area contributed by atoms with E-state index in [1.807, 2.05) is 26.0 Å². The van der Waals surface area contributed by atoms with E-state index in [0.29, 0.717) is 6.42 Å². The summed E-state index contributed by atoms with van der Waals surface area (Å²) in [4.78, 5) is 0. The Morgan fingerprint density at radius 3 is 2.82 bits per heavy atom. The molecule has 2 aliphatic heterocycles. The van der Waals surface area contributed by atoms with E-state index in [-0.39, 0.29) is 37.3 Å². The van der Waals surface area contributed by atoms with Gasteiger partial charge >= 0.3 is 0 Å². The van der Waals surface area contributed by atoms with Gasteiger partial charge in [0, 0.05) is 19.4 Å². The lowest BCUT2D eigenvalue weighted by Crippen LogP contribution is -2.44. The van der Waals surface area contributed by atoms with Crippen molar-refractivity contribution in [2.45, 2.75) is 63.8 Å². The number of rotatable bonds is 4. The van der Waals surface area contributed by atoms with Crippen molar-refractivity contribution < 1.29 is 19.3 Å². The lowest BCUT2D eigenvalue weighted by molar-refractivity contribution is -0.237. The average Bonchev–Trinajstić information content (AvgIpc) is 2.29. The fourth-order valence-electron chi connectivity index (χ4n) is 2.31. The fourth-order valence-corrected chi connectivity index (χ4v) is 2.31. The first-order valence-corrected chi connectivity index (χ1v) is 6.44. The van der Waals surface area contributed by atoms with Crippen LogP contribution in [0.15, 0.2) is 12.2 Å². The van der Waals surface area contributed by atoms with Gasteiger partial charge in [0.05, 0.1) is 18.3 Å². The summed E-state index contributed by atoms with van der Waals surface area (Å²) in [7, 11) is 0. The minimum atomic E-state index is -0.112. The quantitative estimate of drug-likeness (QED) is 0.761. The normalized spacial score (nSPS) is 37.2. The molecule has 2 rings (SSSR count). The Bertz CT molecular complexity index is 264. The van der Waals surface area contributed by atoms with Gasteiger partial charge in [-0.15, -0.1) is 0 Å². The van der Waals surface area contributed by atoms with Crippen molar-refractivity contribution in [3.63, 3.8) is 0 Å². The van der Waals surface area contributed by atoms with Crippen LogP contribution < -0.4 is 0 Å². The standard InChI is InChI=1S/C13H22O4/c1-9(2)15-13-6-5-11-12(17-13)4-3-10(16-11)7-8-14/h3-4,9-14H,5-8H2,1-2H3/t10?,11-,12?,13-/m0/s1. The summed E-state index contributed by atoms with van der Waals surface area (Å²) < 4.78 is 17.4. The summed E-state index contributed by atoms with van der Waals surface area (Å²) in [6, 6.07) is 0. The number of hydrogen-bond donors (Lipinski definition) is 1. The summed E-state index contributed by atoms with van der Waals surface area (Å²) in [6.07, 6.45) is 6.74. The summed E-state index contributed by atoms with van der Waals surface area (Å²) in [6.45, 7) is 4.19. The lowest BCUT2D eigenvalue weighted by Gasteiger charge is -2.39. The fraction of sp³-hybridized carbons (Fsp3) is 0.846. The highest BCUT2D eigenvalue weighted by atomic mass is 16.7. The Balaban J connectivity index is 1.87. The molecule has 1 saturated heterocycles. The third-order valence-corrected chi connectivity index (χ3v) is 3.06. The highest BCUT2D eigenvalue weighted by Crippen LogP contribution is 2.29. The highest BCUT2D eigenvalue weighted by molar-refractivity contribution is 5.04. The Labute approximate surface area is 103 Å². The predicted octanol–water partition coefficient (Wildman–Crippen LogP) is 1.62. The van der Waals surface area contributed by atoms with Gasteiger partial charge in [0.2, 0.25) is 0 Å². The molecule has 0 amide bonds. The smallest absolute Gasteiger partial charge is 0.158 e. The molecule has 0 spiro atoms. The molecule has 0 bridgehead atoms. The summed E-state index contributed by atoms with van der Waals surface area (Å²) in [5.74, 6) is 0. The van der Waals surface area contributed by atoms with E-state index in [4.69, 9.17) is 19.3 Å². The van der Waals surface area contributed by atoms with Crippen LogP contribution in [0.1, 0.15) is 33.1 Å². The molecule has 0 aromatic heterocycles. The molecule has 2 unspecified atom stereocenters. The predicted molar refractivity (Wildman–Crippen MR) is 63.6 cm³/mol. The molecule has 2 heterocycles. The maximum Gasteiger partial charge on any atom is 0.158 e. The van der Waals surface area contributed by atoms with Gasteiger partial charge < -0.3 is 19.3 Å². The summed E-state index contributed by atoms with van der Waals surface area (Å²) in [5, 5.41) is 8.89. The van der Waals surface area contributed by atoms with Crippen LogP contribution >= 0.6 is 0 Å². The molecule has 0 aliphatic carbocycles. The third kappa shape index (κ3) is 3.52. The number of aliphatic hydroxyl groups is 1. The first-order valence-electron chi connectivity index (χ1n) is 6.44. The molecule has 4 nitrogen and oxygen atoms in total. The Morgan fingerprint density at radius 1 is 1.29 bits per heavy atom. The molecule has 0 radical (unpaired) electrons. The minimum absolute atomic E-state index is 0.00226. The SMILES string of the molecule is CC(C)O[C@@H]1CC[C@@H]2OC(CCO)C=CC2O1. The summed E-state index contributed by atoms with van der Waals surface area (Å²) in [5.41, 5.74) is 0. The lowest BCUT2D eigenvalue weighted by atomic mass is 10.00. The van der Waals surface area contributed by atoms with Crippen molar-refractivity contribution in [2.75, 3.05) is 6.61 Å². The topological polar surface area (TPSA) is 47.9 Å². The molecular weight excluding hydrogens is 220 g/mol. The Morgan fingerprint density at radius 2 is 2.12 bits per heavy atom. The second-order valence-corrected chi connectivity index (χ2v) is 4.90. The molecule has 0 aromatic rings. The Kier molecular flexibility index (Phi) is 4.56. The monoisotopic (exact) mass is 242 g/mol. The van der Waals surface area contributed by atoms with Crippen LogP contribution in [0.5, 0.6) is 0 Å². The molecule has 0 saturated carbocycles. The molecule has 4 heteroatoms. The van der Waals surface area contributed by atoms with Crippen LogP contribution in [-0.4, -0.2) is 42.4 Å². The first kappa shape index (κ1) is 13.0. The van der Waals surface area contributed by atoms with Gasteiger partial charge in [-0.25, -0.2) is 0 Å². The van der Waals surface area contributed by atoms with Crippen molar-refractivity contribution in [1.29, 1.82) is 0 Å². The van der Waals surface area contributed by atoms with Crippen molar-refractivity contribution in [3.05, 3.63) is 12.2 Å². The van der Waals surface area contributed by atoms with E-state index < -0.39 is 0 Å². The van der Waals surface area contributed by atoms with Crippen LogP contribution in [0.4, 0.5) is 0 Å². The van der Waals surface area contributed by atoms with Gasteiger partial charge in [-0.3, -0.25) is 0 Å². The zero-order valence-corrected chi connectivity index (χ0v) is 10.5. The van der Waals surface area contributed by atoms with Gasteiger partial charge in [-0.1, -0.05) is 12.2 Å². The molecule has 0 aromatic carbocycles. The molecule has 2 aliphatic rings. The Hall–Kier alpha value is -0.420. The van der Waals surface area contributed by atoms with Gasteiger partial charge in [0.25, 0.3) is 0 Å². The van der Waals surface area contributed by atoms with E-state index in [9.17, 15) is 0 Å². The maximum absolute atomic E-state index is 8.89. The van der Waals surface area contributed by atoms with Crippen LogP contribution in [0.25, 0.3) is 0 Å². The van der Waals surface area contributed by atoms with Gasteiger partial charge in [0.15, 0.2) is 6.29 Å². The molecule has 1 N–H and O–H groups in total. The first-order chi connectivity index (χ1) is 8.19. The molecule has 17 heavy (non-hydrogen) atoms. The van der Waals surface area contributed by atoms with Gasteiger partial charge in [0.1, 0.15) is 6.10 Å². The largest absolute Gasteiger partial charge is 0.396 e. The number of fused-ring (bicyclic) bond motifs is 1. The van der Waals surface area contributed by atoms with E-state index in [2.05, 4.69) is 0 Å². The average molecular weight is 242 g/mol. The van der Waals surface area contributed by atoms with Crippen LogP contribution in [0, 0.1) is 0 Å². The molecule has 98 valence electrons. The highest BCUT2D eigenvalue weighted by Gasteiger charge is 2.34. The second kappa shape index (κ2) is 5.96. The van der Waals surface area contributed by atoms with Crippen molar-refractivity contribution in [3.8, 4) is 0 Å². The van der Waals surface area contributed by atoms with Crippen LogP contribution in [0.3, 0.4) is 0 Å². The number of ether oxygens (including phenoxy) is 3. The zero-order valence-electron chi connectivity index (χ0n) is 10.5. The van der Waals surface area contributed by atoms with Crippen LogP contribution in [0.2, 0.25) is 0 Å². The maximum atomic E-state index is 8.89. The molecule has 1 fully saturated rings. The third-order valence-electron chi connectivity index (χ3n) is 3.06. The number of aliphatic hydroxyl groups excluding tert-OH is 1. The van der Waals surface area contributed by atoms with Crippen molar-refractivity contribution >= 4 is 0 Å². The zero-order chi connectivity index (χ0) is 12.3. The summed E-state index contributed by atoms with van der Waals surface area (Å²) >= 11 is 0. The molecular formula is C13H22O4. The minimum Gasteiger partial charge on any atom is -0.396 e. The van der Waals surface area contributed by atoms with E-state index >= 15 is 0 Å². The second-order valence-electron chi connectivity index (χ2n) is 4.90. The van der Waals surface area contributed by atoms with E-state index in [0.717, 1.165) is 12.8 Å². The van der Waals surface area contributed by atoms with Gasteiger partial charge in [-0.2, -0.15) is 0 Å². The van der Waals surface area contributed by atoms with Crippen molar-refractivity contribution in [2.24, 2.45) is 0 Å². The van der Waals surface area contributed by atoms with E-state index in [1.54, 1.807) is 0 Å². The number of hydrogen-bond acceptors (Lipinski definition) is 4. The van der Waals surface area contributed by atoms with Crippen molar-refractivity contribution in [1.82, 2.24) is 0 Å². The molecule has 4 atom stereocenters. The van der Waals surface area contributed by atoms with Crippen LogP contribution in [-0.2, 0) is 14.2 Å². The van der Waals surface area contributed by atoms with E-state index in [1.165, 1.54) is 0 Å².